The van der Waals surface area contributed by atoms with Gasteiger partial charge in [-0.05, 0) is 54.5 Å². The van der Waals surface area contributed by atoms with Crippen molar-refractivity contribution in [3.05, 3.63) is 76.9 Å². The van der Waals surface area contributed by atoms with Crippen molar-refractivity contribution in [1.29, 1.82) is 5.26 Å². The average Bonchev–Trinajstić information content (AvgIpc) is 2.64. The molecule has 2 rings (SSSR count). The number of unbranched alkanes of at least 4 members (excludes halogenated alkanes) is 1. The van der Waals surface area contributed by atoms with Gasteiger partial charge in [0.1, 0.15) is 0 Å². The van der Waals surface area contributed by atoms with Crippen molar-refractivity contribution in [3.8, 4) is 17.9 Å². The standard InChI is InChI=1S/C22H19F2N/c1-2-3-15-22(23,24)16-14-20-8-6-18(7-9-20)4-5-19-10-12-21(17-25)13-11-19/h6-14,16H,2-3,15H2,1H3/b16-14+. The van der Waals surface area contributed by atoms with Crippen molar-refractivity contribution in [1.82, 2.24) is 0 Å². The summed E-state index contributed by atoms with van der Waals surface area (Å²) < 4.78 is 27.2. The lowest BCUT2D eigenvalue weighted by Gasteiger charge is -2.10. The second-order valence-electron chi connectivity index (χ2n) is 5.76. The Labute approximate surface area is 147 Å². The molecule has 0 aliphatic carbocycles. The molecule has 0 spiro atoms. The highest BCUT2D eigenvalue weighted by Crippen LogP contribution is 2.24. The van der Waals surface area contributed by atoms with Crippen LogP contribution in [-0.4, -0.2) is 5.92 Å². The first-order chi connectivity index (χ1) is 12.0. The van der Waals surface area contributed by atoms with Crippen molar-refractivity contribution >= 4 is 6.08 Å². The number of hydrogen-bond acceptors (Lipinski definition) is 1. The third-order valence-corrected chi connectivity index (χ3v) is 3.66. The fourth-order valence-corrected chi connectivity index (χ4v) is 2.16. The molecule has 0 amide bonds. The van der Waals surface area contributed by atoms with E-state index in [4.69, 9.17) is 5.26 Å². The van der Waals surface area contributed by atoms with Crippen LogP contribution in [0.25, 0.3) is 6.08 Å². The maximum atomic E-state index is 13.6. The van der Waals surface area contributed by atoms with E-state index in [1.54, 1.807) is 48.5 Å². The third kappa shape index (κ3) is 6.24. The number of benzene rings is 2. The summed E-state index contributed by atoms with van der Waals surface area (Å²) in [6.07, 6.45) is 3.58. The zero-order valence-electron chi connectivity index (χ0n) is 14.1. The molecule has 0 aromatic heterocycles. The van der Waals surface area contributed by atoms with Crippen LogP contribution < -0.4 is 0 Å². The van der Waals surface area contributed by atoms with Crippen LogP contribution >= 0.6 is 0 Å². The van der Waals surface area contributed by atoms with Gasteiger partial charge in [-0.15, -0.1) is 0 Å². The predicted molar refractivity (Wildman–Crippen MR) is 97.1 cm³/mol. The first kappa shape index (κ1) is 18.4. The summed E-state index contributed by atoms with van der Waals surface area (Å²) in [5.41, 5.74) is 2.94. The highest BCUT2D eigenvalue weighted by Gasteiger charge is 2.23. The maximum absolute atomic E-state index is 13.6. The topological polar surface area (TPSA) is 23.8 Å². The Morgan fingerprint density at radius 2 is 1.44 bits per heavy atom. The minimum Gasteiger partial charge on any atom is -0.202 e. The van der Waals surface area contributed by atoms with Gasteiger partial charge in [-0.3, -0.25) is 0 Å². The Bertz CT molecular complexity index is 814. The Kier molecular flexibility index (Phi) is 6.49. The summed E-state index contributed by atoms with van der Waals surface area (Å²) in [6.45, 7) is 1.90. The second kappa shape index (κ2) is 8.81. The predicted octanol–water partition coefficient (Wildman–Crippen LogP) is 5.80. The molecule has 0 bridgehead atoms. The fraction of sp³-hybridized carbons (Fsp3) is 0.227. The molecular weight excluding hydrogens is 316 g/mol. The van der Waals surface area contributed by atoms with Gasteiger partial charge >= 0.3 is 0 Å². The Morgan fingerprint density at radius 3 is 1.96 bits per heavy atom. The van der Waals surface area contributed by atoms with E-state index >= 15 is 0 Å². The first-order valence-electron chi connectivity index (χ1n) is 8.22. The van der Waals surface area contributed by atoms with Crippen molar-refractivity contribution in [2.75, 3.05) is 0 Å². The molecule has 3 heteroatoms. The minimum atomic E-state index is -2.76. The molecule has 0 N–H and O–H groups in total. The molecule has 0 saturated heterocycles. The molecule has 1 nitrogen and oxygen atoms in total. The normalized spacial score (nSPS) is 11.0. The smallest absolute Gasteiger partial charge is 0.202 e. The molecule has 2 aromatic carbocycles. The van der Waals surface area contributed by atoms with Gasteiger partial charge in [0, 0.05) is 17.5 Å². The van der Waals surface area contributed by atoms with E-state index in [-0.39, 0.29) is 6.42 Å². The quantitative estimate of drug-likeness (QED) is 0.634. The molecule has 0 atom stereocenters. The van der Waals surface area contributed by atoms with Gasteiger partial charge in [0.15, 0.2) is 0 Å². The van der Waals surface area contributed by atoms with Crippen LogP contribution in [0, 0.1) is 23.2 Å². The number of allylic oxidation sites excluding steroid dienone is 1. The van der Waals surface area contributed by atoms with Crippen LogP contribution in [0.5, 0.6) is 0 Å². The van der Waals surface area contributed by atoms with Crippen molar-refractivity contribution in [2.45, 2.75) is 32.1 Å². The lowest BCUT2D eigenvalue weighted by molar-refractivity contribution is 0.0441. The maximum Gasteiger partial charge on any atom is 0.266 e. The van der Waals surface area contributed by atoms with Crippen molar-refractivity contribution in [3.63, 3.8) is 0 Å². The van der Waals surface area contributed by atoms with E-state index in [1.807, 2.05) is 6.92 Å². The fourth-order valence-electron chi connectivity index (χ4n) is 2.16. The number of rotatable bonds is 5. The van der Waals surface area contributed by atoms with Gasteiger partial charge in [0.05, 0.1) is 11.6 Å². The Morgan fingerprint density at radius 1 is 0.920 bits per heavy atom. The molecular formula is C22H19F2N. The molecule has 0 saturated carbocycles. The molecule has 25 heavy (non-hydrogen) atoms. The summed E-state index contributed by atoms with van der Waals surface area (Å²) in [4.78, 5) is 0. The van der Waals surface area contributed by atoms with Gasteiger partial charge in [-0.1, -0.05) is 43.4 Å². The van der Waals surface area contributed by atoms with Gasteiger partial charge in [0.2, 0.25) is 0 Å². The van der Waals surface area contributed by atoms with E-state index in [0.29, 0.717) is 12.0 Å². The van der Waals surface area contributed by atoms with Crippen molar-refractivity contribution in [2.24, 2.45) is 0 Å². The van der Waals surface area contributed by atoms with Gasteiger partial charge < -0.3 is 0 Å². The van der Waals surface area contributed by atoms with E-state index in [1.165, 1.54) is 6.08 Å². The molecule has 0 unspecified atom stereocenters. The number of hydrogen-bond donors (Lipinski definition) is 0. The average molecular weight is 335 g/mol. The Hall–Kier alpha value is -2.91. The van der Waals surface area contributed by atoms with Crippen LogP contribution in [0.3, 0.4) is 0 Å². The molecule has 126 valence electrons. The molecule has 0 fully saturated rings. The number of halogens is 2. The van der Waals surface area contributed by atoms with Crippen LogP contribution in [0.1, 0.15) is 48.4 Å². The van der Waals surface area contributed by atoms with E-state index in [9.17, 15) is 8.78 Å². The molecule has 2 aromatic rings. The van der Waals surface area contributed by atoms with E-state index < -0.39 is 5.92 Å². The highest BCUT2D eigenvalue weighted by molar-refractivity contribution is 5.53. The van der Waals surface area contributed by atoms with Gasteiger partial charge in [-0.2, -0.15) is 5.26 Å². The van der Waals surface area contributed by atoms with Crippen LogP contribution in [-0.2, 0) is 0 Å². The molecule has 0 radical (unpaired) electrons. The van der Waals surface area contributed by atoms with E-state index in [2.05, 4.69) is 17.9 Å². The number of nitrogens with zero attached hydrogens (tertiary/aromatic N) is 1. The summed E-state index contributed by atoms with van der Waals surface area (Å²) >= 11 is 0. The van der Waals surface area contributed by atoms with Gasteiger partial charge in [0.25, 0.3) is 5.92 Å². The Balaban J connectivity index is 2.02. The van der Waals surface area contributed by atoms with Crippen molar-refractivity contribution < 1.29 is 8.78 Å². The highest BCUT2D eigenvalue weighted by atomic mass is 19.3. The zero-order chi connectivity index (χ0) is 18.1. The van der Waals surface area contributed by atoms with Crippen LogP contribution in [0.15, 0.2) is 54.6 Å². The first-order valence-corrected chi connectivity index (χ1v) is 8.22. The molecule has 0 aliphatic heterocycles. The minimum absolute atomic E-state index is 0.117. The van der Waals surface area contributed by atoms with E-state index in [0.717, 1.165) is 29.2 Å². The zero-order valence-corrected chi connectivity index (χ0v) is 14.1. The van der Waals surface area contributed by atoms with Crippen LogP contribution in [0.4, 0.5) is 8.78 Å². The number of alkyl halides is 2. The lowest BCUT2D eigenvalue weighted by Crippen LogP contribution is -2.11. The third-order valence-electron chi connectivity index (χ3n) is 3.66. The summed E-state index contributed by atoms with van der Waals surface area (Å²) in [7, 11) is 0. The summed E-state index contributed by atoms with van der Waals surface area (Å²) in [6, 6.07) is 16.2. The largest absolute Gasteiger partial charge is 0.266 e. The lowest BCUT2D eigenvalue weighted by atomic mass is 10.1. The van der Waals surface area contributed by atoms with Gasteiger partial charge in [-0.25, -0.2) is 8.78 Å². The second-order valence-corrected chi connectivity index (χ2v) is 5.76. The summed E-state index contributed by atoms with van der Waals surface area (Å²) in [5, 5.41) is 8.76. The number of nitriles is 1. The van der Waals surface area contributed by atoms with Crippen LogP contribution in [0.2, 0.25) is 0 Å². The summed E-state index contributed by atoms with van der Waals surface area (Å²) in [5.74, 6) is 3.27. The monoisotopic (exact) mass is 335 g/mol. The SMILES string of the molecule is CCCCC(F)(F)/C=C/c1ccc(C#Cc2ccc(C#N)cc2)cc1. The molecule has 0 heterocycles. The molecule has 0 aliphatic rings.